The van der Waals surface area contributed by atoms with Gasteiger partial charge in [-0.25, -0.2) is 0 Å². The molecule has 2 aromatic carbocycles. The number of hydrogen-bond acceptors (Lipinski definition) is 4. The molecule has 0 spiro atoms. The van der Waals surface area contributed by atoms with Crippen molar-refractivity contribution < 1.29 is 14.3 Å². The molecule has 1 N–H and O–H groups in total. The molecule has 5 heteroatoms. The van der Waals surface area contributed by atoms with Gasteiger partial charge >= 0.3 is 0 Å². The second kappa shape index (κ2) is 6.76. The minimum atomic E-state index is -0.387. The van der Waals surface area contributed by atoms with Gasteiger partial charge in [-0.3, -0.25) is 4.79 Å². The lowest BCUT2D eigenvalue weighted by molar-refractivity contribution is -0.116. The van der Waals surface area contributed by atoms with Crippen molar-refractivity contribution >= 4 is 5.91 Å². The summed E-state index contributed by atoms with van der Waals surface area (Å²) in [4.78, 5) is 12.0. The lowest BCUT2D eigenvalue weighted by Crippen LogP contribution is -2.25. The zero-order chi connectivity index (χ0) is 16.9. The molecule has 118 valence electrons. The van der Waals surface area contributed by atoms with Crippen LogP contribution in [0, 0.1) is 23.2 Å². The molecule has 0 radical (unpaired) electrons. The number of hydrogen-bond donors (Lipinski definition) is 1. The van der Waals surface area contributed by atoms with Crippen molar-refractivity contribution in [3.8, 4) is 29.4 Å². The number of amides is 1. The van der Waals surface area contributed by atoms with Gasteiger partial charge in [0.2, 0.25) is 6.79 Å². The molecule has 1 unspecified atom stereocenters. The third kappa shape index (κ3) is 3.48. The number of fused-ring (bicyclic) bond motifs is 1. The van der Waals surface area contributed by atoms with Crippen LogP contribution in [0.15, 0.2) is 42.5 Å². The van der Waals surface area contributed by atoms with Crippen molar-refractivity contribution in [3.05, 3.63) is 59.2 Å². The number of carbonyl (C=O) groups is 1. The molecule has 24 heavy (non-hydrogen) atoms. The fourth-order valence-electron chi connectivity index (χ4n) is 2.30. The Labute approximate surface area is 139 Å². The Morgan fingerprint density at radius 1 is 1.17 bits per heavy atom. The maximum Gasteiger partial charge on any atom is 0.296 e. The fraction of sp³-hybridized carbons (Fsp3) is 0.158. The molecule has 1 aliphatic heterocycles. The summed E-state index contributed by atoms with van der Waals surface area (Å²) in [5.74, 6) is 6.28. The molecule has 0 aromatic heterocycles. The second-order valence-corrected chi connectivity index (χ2v) is 5.25. The van der Waals surface area contributed by atoms with Gasteiger partial charge < -0.3 is 14.8 Å². The highest BCUT2D eigenvalue weighted by Crippen LogP contribution is 2.32. The summed E-state index contributed by atoms with van der Waals surface area (Å²) < 4.78 is 10.5. The van der Waals surface area contributed by atoms with Crippen molar-refractivity contribution in [2.75, 3.05) is 6.79 Å². The normalized spacial score (nSPS) is 12.5. The number of nitrogens with zero attached hydrogens (tertiary/aromatic N) is 1. The van der Waals surface area contributed by atoms with Crippen LogP contribution >= 0.6 is 0 Å². The maximum atomic E-state index is 12.0. The molecule has 3 rings (SSSR count). The predicted molar refractivity (Wildman–Crippen MR) is 87.2 cm³/mol. The molecule has 0 bridgehead atoms. The van der Waals surface area contributed by atoms with Gasteiger partial charge in [0.25, 0.3) is 5.91 Å². The van der Waals surface area contributed by atoms with E-state index in [1.807, 2.05) is 13.0 Å². The molecule has 1 amide bonds. The van der Waals surface area contributed by atoms with Crippen LogP contribution in [0.2, 0.25) is 0 Å². The van der Waals surface area contributed by atoms with E-state index in [4.69, 9.17) is 14.7 Å². The highest BCUT2D eigenvalue weighted by atomic mass is 16.7. The van der Waals surface area contributed by atoms with Crippen molar-refractivity contribution in [1.29, 1.82) is 5.26 Å². The van der Waals surface area contributed by atoms with Crippen LogP contribution in [0.3, 0.4) is 0 Å². The van der Waals surface area contributed by atoms with Crippen LogP contribution in [0.5, 0.6) is 11.5 Å². The van der Waals surface area contributed by atoms with Gasteiger partial charge in [0.05, 0.1) is 17.7 Å². The van der Waals surface area contributed by atoms with Crippen molar-refractivity contribution in [1.82, 2.24) is 5.32 Å². The Hall–Kier alpha value is -3.44. The Balaban J connectivity index is 1.66. The molecule has 1 aliphatic rings. The highest BCUT2D eigenvalue weighted by molar-refractivity contribution is 5.94. The molecule has 0 aliphatic carbocycles. The van der Waals surface area contributed by atoms with E-state index in [1.54, 1.807) is 36.4 Å². The second-order valence-electron chi connectivity index (χ2n) is 5.25. The first-order valence-corrected chi connectivity index (χ1v) is 7.38. The van der Waals surface area contributed by atoms with E-state index in [0.717, 1.165) is 5.56 Å². The quantitative estimate of drug-likeness (QED) is 0.864. The van der Waals surface area contributed by atoms with Gasteiger partial charge in [-0.05, 0) is 42.8 Å². The largest absolute Gasteiger partial charge is 0.454 e. The third-order valence-electron chi connectivity index (χ3n) is 3.56. The smallest absolute Gasteiger partial charge is 0.296 e. The summed E-state index contributed by atoms with van der Waals surface area (Å²) in [6.45, 7) is 2.04. The Morgan fingerprint density at radius 3 is 2.83 bits per heavy atom. The van der Waals surface area contributed by atoms with E-state index < -0.39 is 0 Å². The van der Waals surface area contributed by atoms with Crippen molar-refractivity contribution in [2.45, 2.75) is 13.0 Å². The Bertz CT molecular complexity index is 887. The van der Waals surface area contributed by atoms with Crippen LogP contribution in [-0.2, 0) is 4.79 Å². The fourth-order valence-corrected chi connectivity index (χ4v) is 2.30. The average molecular weight is 318 g/mol. The molecule has 5 nitrogen and oxygen atoms in total. The number of rotatable bonds is 2. The molecule has 1 atom stereocenters. The molecule has 0 fully saturated rings. The van der Waals surface area contributed by atoms with Crippen molar-refractivity contribution in [3.63, 3.8) is 0 Å². The summed E-state index contributed by atoms with van der Waals surface area (Å²) in [6.07, 6.45) is 0. The summed E-state index contributed by atoms with van der Waals surface area (Å²) in [5.41, 5.74) is 2.08. The standard InChI is InChI=1S/C19H14N2O3/c1-13(16-4-2-3-15(9-16)11-20)21-19(22)8-6-14-5-7-17-18(10-14)24-12-23-17/h2-5,7,9-10,13H,12H2,1H3,(H,21,22). The SMILES string of the molecule is CC(NC(=O)C#Cc1ccc2c(c1)OCO2)c1cccc(C#N)c1. The van der Waals surface area contributed by atoms with Crippen LogP contribution in [0.4, 0.5) is 0 Å². The molecular formula is C19H14N2O3. The van der Waals surface area contributed by atoms with Gasteiger partial charge in [-0.1, -0.05) is 18.1 Å². The van der Waals surface area contributed by atoms with Crippen LogP contribution in [0.25, 0.3) is 0 Å². The van der Waals surface area contributed by atoms with Gasteiger partial charge in [-0.2, -0.15) is 5.26 Å². The zero-order valence-electron chi connectivity index (χ0n) is 13.0. The summed E-state index contributed by atoms with van der Waals surface area (Å²) in [6, 6.07) is 14.2. The summed E-state index contributed by atoms with van der Waals surface area (Å²) in [5, 5.41) is 11.7. The van der Waals surface area contributed by atoms with Gasteiger partial charge in [0, 0.05) is 11.5 Å². The molecule has 2 aromatic rings. The average Bonchev–Trinajstić information content (AvgIpc) is 3.07. The number of benzene rings is 2. The maximum absolute atomic E-state index is 12.0. The van der Waals surface area contributed by atoms with Crippen LogP contribution < -0.4 is 14.8 Å². The van der Waals surface area contributed by atoms with E-state index in [9.17, 15) is 4.79 Å². The van der Waals surface area contributed by atoms with Gasteiger partial charge in [0.15, 0.2) is 11.5 Å². The van der Waals surface area contributed by atoms with E-state index in [2.05, 4.69) is 23.2 Å². The number of carbonyl (C=O) groups excluding carboxylic acids is 1. The summed E-state index contributed by atoms with van der Waals surface area (Å²) >= 11 is 0. The first kappa shape index (κ1) is 15.5. The topological polar surface area (TPSA) is 71.3 Å². The lowest BCUT2D eigenvalue weighted by Gasteiger charge is -2.12. The molecule has 1 heterocycles. The molecule has 0 saturated carbocycles. The monoisotopic (exact) mass is 318 g/mol. The summed E-state index contributed by atoms with van der Waals surface area (Å²) in [7, 11) is 0. The Kier molecular flexibility index (Phi) is 4.36. The molecular weight excluding hydrogens is 304 g/mol. The highest BCUT2D eigenvalue weighted by Gasteiger charge is 2.12. The van der Waals surface area contributed by atoms with Gasteiger partial charge in [-0.15, -0.1) is 0 Å². The number of ether oxygens (including phenoxy) is 2. The van der Waals surface area contributed by atoms with Crippen molar-refractivity contribution in [2.24, 2.45) is 0 Å². The first-order valence-electron chi connectivity index (χ1n) is 7.38. The third-order valence-corrected chi connectivity index (χ3v) is 3.56. The van der Waals surface area contributed by atoms with E-state index in [0.29, 0.717) is 22.6 Å². The minimum Gasteiger partial charge on any atom is -0.454 e. The Morgan fingerprint density at radius 2 is 2.00 bits per heavy atom. The minimum absolute atomic E-state index is 0.200. The van der Waals surface area contributed by atoms with Gasteiger partial charge in [0.1, 0.15) is 0 Å². The number of nitrogens with one attached hydrogen (secondary N) is 1. The van der Waals surface area contributed by atoms with Crippen LogP contribution in [-0.4, -0.2) is 12.7 Å². The molecule has 0 saturated heterocycles. The number of nitriles is 1. The van der Waals surface area contributed by atoms with Crippen LogP contribution in [0.1, 0.15) is 29.7 Å². The zero-order valence-corrected chi connectivity index (χ0v) is 13.0. The van der Waals surface area contributed by atoms with E-state index in [1.165, 1.54) is 0 Å². The van der Waals surface area contributed by atoms with E-state index in [-0.39, 0.29) is 18.7 Å². The first-order chi connectivity index (χ1) is 11.7. The van der Waals surface area contributed by atoms with E-state index >= 15 is 0 Å². The predicted octanol–water partition coefficient (Wildman–Crippen LogP) is 2.52. The lowest BCUT2D eigenvalue weighted by atomic mass is 10.1.